The number of benzene rings is 2. The number of hydrogen-bond acceptors (Lipinski definition) is 5. The van der Waals surface area contributed by atoms with Gasteiger partial charge in [-0.25, -0.2) is 13.2 Å². The SMILES string of the molecule is Cc1cc(Cl)ccc1OC(C)C(=O)OCCCS(=O)(=O)c1ccccc1. The van der Waals surface area contributed by atoms with Crippen molar-refractivity contribution in [3.05, 3.63) is 59.1 Å². The Bertz CT molecular complexity index is 849. The Morgan fingerprint density at radius 3 is 2.50 bits per heavy atom. The quantitative estimate of drug-likeness (QED) is 0.501. The Labute approximate surface area is 158 Å². The predicted octanol–water partition coefficient (Wildman–Crippen LogP) is 3.82. The largest absolute Gasteiger partial charge is 0.479 e. The Balaban J connectivity index is 1.79. The van der Waals surface area contributed by atoms with E-state index < -0.39 is 21.9 Å². The monoisotopic (exact) mass is 396 g/mol. The molecule has 0 radical (unpaired) electrons. The number of esters is 1. The molecule has 0 saturated carbocycles. The van der Waals surface area contributed by atoms with Crippen LogP contribution in [0.1, 0.15) is 18.9 Å². The third-order valence-electron chi connectivity index (χ3n) is 3.68. The maximum Gasteiger partial charge on any atom is 0.347 e. The number of carbonyl (C=O) groups is 1. The van der Waals surface area contributed by atoms with Crippen LogP contribution in [0.25, 0.3) is 0 Å². The number of aryl methyl sites for hydroxylation is 1. The van der Waals surface area contributed by atoms with Crippen molar-refractivity contribution in [3.63, 3.8) is 0 Å². The van der Waals surface area contributed by atoms with Gasteiger partial charge >= 0.3 is 5.97 Å². The van der Waals surface area contributed by atoms with Gasteiger partial charge in [0.1, 0.15) is 5.75 Å². The van der Waals surface area contributed by atoms with Crippen molar-refractivity contribution in [1.82, 2.24) is 0 Å². The fourth-order valence-electron chi connectivity index (χ4n) is 2.27. The summed E-state index contributed by atoms with van der Waals surface area (Å²) in [5, 5.41) is 0.588. The van der Waals surface area contributed by atoms with E-state index in [1.807, 2.05) is 6.92 Å². The molecule has 0 saturated heterocycles. The van der Waals surface area contributed by atoms with Crippen molar-refractivity contribution in [1.29, 1.82) is 0 Å². The number of rotatable bonds is 8. The maximum absolute atomic E-state index is 12.1. The van der Waals surface area contributed by atoms with Crippen molar-refractivity contribution < 1.29 is 22.7 Å². The number of carbonyl (C=O) groups excluding carboxylic acids is 1. The predicted molar refractivity (Wildman–Crippen MR) is 100 cm³/mol. The van der Waals surface area contributed by atoms with Gasteiger partial charge in [-0.3, -0.25) is 0 Å². The Kier molecular flexibility index (Phi) is 7.06. The number of ether oxygens (including phenoxy) is 2. The molecule has 1 unspecified atom stereocenters. The van der Waals surface area contributed by atoms with Gasteiger partial charge in [0, 0.05) is 5.02 Å². The molecular formula is C19H21ClO5S. The minimum atomic E-state index is -3.37. The van der Waals surface area contributed by atoms with E-state index in [1.165, 1.54) is 0 Å². The highest BCUT2D eigenvalue weighted by molar-refractivity contribution is 7.91. The van der Waals surface area contributed by atoms with E-state index in [0.29, 0.717) is 10.8 Å². The van der Waals surface area contributed by atoms with E-state index in [2.05, 4.69) is 0 Å². The first-order valence-electron chi connectivity index (χ1n) is 8.17. The van der Waals surface area contributed by atoms with Crippen molar-refractivity contribution in [2.45, 2.75) is 31.3 Å². The summed E-state index contributed by atoms with van der Waals surface area (Å²) in [6.45, 7) is 3.42. The van der Waals surface area contributed by atoms with Crippen LogP contribution in [0.4, 0.5) is 0 Å². The summed E-state index contributed by atoms with van der Waals surface area (Å²) in [6, 6.07) is 13.3. The zero-order chi connectivity index (χ0) is 19.2. The molecule has 0 N–H and O–H groups in total. The molecule has 7 heteroatoms. The molecular weight excluding hydrogens is 376 g/mol. The molecule has 0 fully saturated rings. The van der Waals surface area contributed by atoms with E-state index >= 15 is 0 Å². The second-order valence-corrected chi connectivity index (χ2v) is 8.37. The first-order chi connectivity index (χ1) is 12.3. The van der Waals surface area contributed by atoms with Gasteiger partial charge in [0.2, 0.25) is 0 Å². The summed E-state index contributed by atoms with van der Waals surface area (Å²) in [5.74, 6) is -0.0857. The molecule has 26 heavy (non-hydrogen) atoms. The molecule has 0 aliphatic carbocycles. The molecule has 0 aliphatic rings. The lowest BCUT2D eigenvalue weighted by Gasteiger charge is -2.15. The number of sulfone groups is 1. The normalized spacial score (nSPS) is 12.4. The molecule has 140 valence electrons. The third kappa shape index (κ3) is 5.75. The van der Waals surface area contributed by atoms with Gasteiger partial charge in [-0.05, 0) is 56.2 Å². The van der Waals surface area contributed by atoms with E-state index in [9.17, 15) is 13.2 Å². The van der Waals surface area contributed by atoms with Crippen molar-refractivity contribution >= 4 is 27.4 Å². The maximum atomic E-state index is 12.1. The van der Waals surface area contributed by atoms with Gasteiger partial charge in [-0.15, -0.1) is 0 Å². The number of hydrogen-bond donors (Lipinski definition) is 0. The third-order valence-corrected chi connectivity index (χ3v) is 5.73. The lowest BCUT2D eigenvalue weighted by Crippen LogP contribution is -2.27. The van der Waals surface area contributed by atoms with Crippen LogP contribution in [0.5, 0.6) is 5.75 Å². The van der Waals surface area contributed by atoms with Gasteiger partial charge in [0.05, 0.1) is 17.3 Å². The van der Waals surface area contributed by atoms with Crippen LogP contribution >= 0.6 is 11.6 Å². The Morgan fingerprint density at radius 1 is 1.15 bits per heavy atom. The molecule has 0 heterocycles. The van der Waals surface area contributed by atoms with Gasteiger partial charge in [-0.2, -0.15) is 0 Å². The first-order valence-corrected chi connectivity index (χ1v) is 10.2. The van der Waals surface area contributed by atoms with Crippen LogP contribution in [-0.2, 0) is 19.4 Å². The summed E-state index contributed by atoms with van der Waals surface area (Å²) >= 11 is 5.89. The highest BCUT2D eigenvalue weighted by Crippen LogP contribution is 2.23. The minimum absolute atomic E-state index is 0.0121. The summed E-state index contributed by atoms with van der Waals surface area (Å²) in [5.41, 5.74) is 0.811. The zero-order valence-corrected chi connectivity index (χ0v) is 16.2. The molecule has 2 aromatic rings. The average molecular weight is 397 g/mol. The highest BCUT2D eigenvalue weighted by Gasteiger charge is 2.18. The fraction of sp³-hybridized carbons (Fsp3) is 0.316. The second-order valence-electron chi connectivity index (χ2n) is 5.82. The van der Waals surface area contributed by atoms with E-state index in [1.54, 1.807) is 55.5 Å². The van der Waals surface area contributed by atoms with E-state index in [-0.39, 0.29) is 23.7 Å². The van der Waals surface area contributed by atoms with Crippen molar-refractivity contribution in [3.8, 4) is 5.75 Å². The second kappa shape index (κ2) is 9.05. The van der Waals surface area contributed by atoms with Crippen LogP contribution in [0.2, 0.25) is 5.02 Å². The summed E-state index contributed by atoms with van der Waals surface area (Å²) in [4.78, 5) is 12.3. The highest BCUT2D eigenvalue weighted by atomic mass is 35.5. The van der Waals surface area contributed by atoms with Gasteiger partial charge < -0.3 is 9.47 Å². The first kappa shape index (κ1) is 20.3. The van der Waals surface area contributed by atoms with E-state index in [0.717, 1.165) is 5.56 Å². The van der Waals surface area contributed by atoms with E-state index in [4.69, 9.17) is 21.1 Å². The lowest BCUT2D eigenvalue weighted by molar-refractivity contribution is -0.151. The molecule has 0 spiro atoms. The molecule has 2 aromatic carbocycles. The van der Waals surface area contributed by atoms with Crippen LogP contribution in [0, 0.1) is 6.92 Å². The smallest absolute Gasteiger partial charge is 0.347 e. The molecule has 1 atom stereocenters. The molecule has 5 nitrogen and oxygen atoms in total. The zero-order valence-electron chi connectivity index (χ0n) is 14.6. The van der Waals surface area contributed by atoms with Gasteiger partial charge in [0.25, 0.3) is 0 Å². The van der Waals surface area contributed by atoms with Crippen LogP contribution in [-0.4, -0.2) is 32.9 Å². The molecule has 0 amide bonds. The van der Waals surface area contributed by atoms with Crippen molar-refractivity contribution in [2.75, 3.05) is 12.4 Å². The molecule has 0 aromatic heterocycles. The van der Waals surface area contributed by atoms with Gasteiger partial charge in [-0.1, -0.05) is 29.8 Å². The average Bonchev–Trinajstić information content (AvgIpc) is 2.61. The molecule has 0 bridgehead atoms. The van der Waals surface area contributed by atoms with Crippen LogP contribution in [0.3, 0.4) is 0 Å². The standard InChI is InChI=1S/C19H21ClO5S/c1-14-13-16(20)9-10-18(14)25-15(2)19(21)24-11-6-12-26(22,23)17-7-4-3-5-8-17/h3-5,7-10,13,15H,6,11-12H2,1-2H3. The fourth-order valence-corrected chi connectivity index (χ4v) is 3.80. The Morgan fingerprint density at radius 2 is 1.85 bits per heavy atom. The van der Waals surface area contributed by atoms with Crippen LogP contribution in [0.15, 0.2) is 53.4 Å². The minimum Gasteiger partial charge on any atom is -0.479 e. The number of halogens is 1. The topological polar surface area (TPSA) is 69.7 Å². The Hall–Kier alpha value is -2.05. The van der Waals surface area contributed by atoms with Crippen molar-refractivity contribution in [2.24, 2.45) is 0 Å². The van der Waals surface area contributed by atoms with Gasteiger partial charge in [0.15, 0.2) is 15.9 Å². The lowest BCUT2D eigenvalue weighted by atomic mass is 10.2. The summed E-state index contributed by atoms with van der Waals surface area (Å²) < 4.78 is 35.0. The summed E-state index contributed by atoms with van der Waals surface area (Å²) in [6.07, 6.45) is -0.587. The molecule has 2 rings (SSSR count). The summed E-state index contributed by atoms with van der Waals surface area (Å²) in [7, 11) is -3.37. The van der Waals surface area contributed by atoms with Crippen LogP contribution < -0.4 is 4.74 Å². The molecule has 0 aliphatic heterocycles.